The first-order valence-corrected chi connectivity index (χ1v) is 6.26. The van der Waals surface area contributed by atoms with Crippen molar-refractivity contribution < 1.29 is 4.79 Å². The molecule has 0 saturated carbocycles. The first kappa shape index (κ1) is 13.0. The van der Waals surface area contributed by atoms with Crippen LogP contribution in [0.25, 0.3) is 0 Å². The number of amides is 1. The lowest BCUT2D eigenvalue weighted by Crippen LogP contribution is -2.44. The minimum absolute atomic E-state index is 0.290. The van der Waals surface area contributed by atoms with E-state index in [0.717, 1.165) is 44.0 Å². The Labute approximate surface area is 108 Å². The largest absolute Gasteiger partial charge is 0.369 e. The fraction of sp³-hybridized carbons (Fsp3) is 0.538. The molecule has 1 aliphatic heterocycles. The Kier molecular flexibility index (Phi) is 4.28. The second kappa shape index (κ2) is 5.93. The Morgan fingerprint density at radius 2 is 2.11 bits per heavy atom. The van der Waals surface area contributed by atoms with E-state index in [4.69, 9.17) is 5.73 Å². The van der Waals surface area contributed by atoms with Crippen molar-refractivity contribution in [1.82, 2.24) is 14.8 Å². The molecule has 1 amide bonds. The monoisotopic (exact) mass is 248 g/mol. The SMILES string of the molecule is CN1CCN(Cc2cc(CC(N)=O)ccn2)CC1. The van der Waals surface area contributed by atoms with Gasteiger partial charge in [-0.3, -0.25) is 14.7 Å². The van der Waals surface area contributed by atoms with Crippen LogP contribution in [0.5, 0.6) is 0 Å². The van der Waals surface area contributed by atoms with E-state index in [1.165, 1.54) is 0 Å². The number of piperazine rings is 1. The summed E-state index contributed by atoms with van der Waals surface area (Å²) < 4.78 is 0. The Balaban J connectivity index is 1.94. The molecular formula is C13H20N4O. The van der Waals surface area contributed by atoms with E-state index in [1.54, 1.807) is 6.20 Å². The number of rotatable bonds is 4. The highest BCUT2D eigenvalue weighted by Crippen LogP contribution is 2.08. The molecule has 18 heavy (non-hydrogen) atoms. The third-order valence-corrected chi connectivity index (χ3v) is 3.24. The second-order valence-electron chi connectivity index (χ2n) is 4.88. The van der Waals surface area contributed by atoms with Gasteiger partial charge in [0.2, 0.25) is 5.91 Å². The van der Waals surface area contributed by atoms with Crippen molar-refractivity contribution in [2.24, 2.45) is 5.73 Å². The van der Waals surface area contributed by atoms with E-state index in [2.05, 4.69) is 21.8 Å². The summed E-state index contributed by atoms with van der Waals surface area (Å²) in [5.41, 5.74) is 7.16. The van der Waals surface area contributed by atoms with Crippen LogP contribution >= 0.6 is 0 Å². The minimum Gasteiger partial charge on any atom is -0.369 e. The lowest BCUT2D eigenvalue weighted by molar-refractivity contribution is -0.117. The number of hydrogen-bond acceptors (Lipinski definition) is 4. The van der Waals surface area contributed by atoms with E-state index in [0.29, 0.717) is 0 Å². The van der Waals surface area contributed by atoms with Crippen LogP contribution < -0.4 is 5.73 Å². The average Bonchev–Trinajstić information content (AvgIpc) is 2.32. The minimum atomic E-state index is -0.299. The van der Waals surface area contributed by atoms with Gasteiger partial charge in [0.15, 0.2) is 0 Å². The molecule has 2 rings (SSSR count). The Bertz CT molecular complexity index is 413. The third-order valence-electron chi connectivity index (χ3n) is 3.24. The van der Waals surface area contributed by atoms with E-state index in [1.807, 2.05) is 12.1 Å². The van der Waals surface area contributed by atoms with Crippen molar-refractivity contribution in [2.45, 2.75) is 13.0 Å². The highest BCUT2D eigenvalue weighted by atomic mass is 16.1. The third kappa shape index (κ3) is 3.78. The number of nitrogens with two attached hydrogens (primary N) is 1. The molecule has 0 bridgehead atoms. The Morgan fingerprint density at radius 3 is 2.78 bits per heavy atom. The van der Waals surface area contributed by atoms with Gasteiger partial charge >= 0.3 is 0 Å². The maximum Gasteiger partial charge on any atom is 0.221 e. The van der Waals surface area contributed by atoms with Gasteiger partial charge in [-0.25, -0.2) is 0 Å². The summed E-state index contributed by atoms with van der Waals surface area (Å²) in [6.45, 7) is 5.18. The molecule has 0 spiro atoms. The number of aromatic nitrogens is 1. The summed E-state index contributed by atoms with van der Waals surface area (Å²) in [6, 6.07) is 3.82. The lowest BCUT2D eigenvalue weighted by atomic mass is 10.1. The normalized spacial score (nSPS) is 17.8. The number of likely N-dealkylation sites (N-methyl/N-ethyl adjacent to an activating group) is 1. The summed E-state index contributed by atoms with van der Waals surface area (Å²) in [5.74, 6) is -0.299. The van der Waals surface area contributed by atoms with Gasteiger partial charge in [0, 0.05) is 38.9 Å². The van der Waals surface area contributed by atoms with Crippen LogP contribution in [0, 0.1) is 0 Å². The summed E-state index contributed by atoms with van der Waals surface area (Å²) in [7, 11) is 2.14. The van der Waals surface area contributed by atoms with Crippen LogP contribution in [-0.2, 0) is 17.8 Å². The highest BCUT2D eigenvalue weighted by molar-refractivity contribution is 5.76. The molecule has 0 aromatic carbocycles. The van der Waals surface area contributed by atoms with Crippen LogP contribution in [-0.4, -0.2) is 53.9 Å². The molecule has 1 aromatic heterocycles. The van der Waals surface area contributed by atoms with Gasteiger partial charge in [0.1, 0.15) is 0 Å². The van der Waals surface area contributed by atoms with Gasteiger partial charge in [0.25, 0.3) is 0 Å². The zero-order valence-corrected chi connectivity index (χ0v) is 10.8. The van der Waals surface area contributed by atoms with Crippen LogP contribution in [0.3, 0.4) is 0 Å². The number of nitrogens with zero attached hydrogens (tertiary/aromatic N) is 3. The maximum absolute atomic E-state index is 10.9. The number of pyridine rings is 1. The van der Waals surface area contributed by atoms with E-state index in [9.17, 15) is 4.79 Å². The van der Waals surface area contributed by atoms with Crippen molar-refractivity contribution in [3.8, 4) is 0 Å². The fourth-order valence-electron chi connectivity index (χ4n) is 2.16. The lowest BCUT2D eigenvalue weighted by Gasteiger charge is -2.32. The van der Waals surface area contributed by atoms with Crippen molar-refractivity contribution in [3.63, 3.8) is 0 Å². The van der Waals surface area contributed by atoms with E-state index >= 15 is 0 Å². The van der Waals surface area contributed by atoms with Crippen molar-refractivity contribution >= 4 is 5.91 Å². The first-order chi connectivity index (χ1) is 8.63. The molecule has 1 aromatic rings. The predicted molar refractivity (Wildman–Crippen MR) is 69.9 cm³/mol. The van der Waals surface area contributed by atoms with Gasteiger partial charge in [-0.2, -0.15) is 0 Å². The van der Waals surface area contributed by atoms with Crippen LogP contribution in [0.1, 0.15) is 11.3 Å². The molecule has 0 radical (unpaired) electrons. The molecule has 2 N–H and O–H groups in total. The van der Waals surface area contributed by atoms with Crippen LogP contribution in [0.4, 0.5) is 0 Å². The van der Waals surface area contributed by atoms with Crippen LogP contribution in [0.2, 0.25) is 0 Å². The van der Waals surface area contributed by atoms with Gasteiger partial charge in [-0.05, 0) is 24.7 Å². The maximum atomic E-state index is 10.9. The average molecular weight is 248 g/mol. The van der Waals surface area contributed by atoms with Crippen molar-refractivity contribution in [3.05, 3.63) is 29.6 Å². The second-order valence-corrected chi connectivity index (χ2v) is 4.88. The van der Waals surface area contributed by atoms with E-state index < -0.39 is 0 Å². The zero-order valence-electron chi connectivity index (χ0n) is 10.8. The summed E-state index contributed by atoms with van der Waals surface area (Å²) in [6.07, 6.45) is 2.04. The van der Waals surface area contributed by atoms with Crippen LogP contribution in [0.15, 0.2) is 18.3 Å². The molecule has 2 heterocycles. The molecule has 1 fully saturated rings. The molecule has 98 valence electrons. The van der Waals surface area contributed by atoms with Gasteiger partial charge < -0.3 is 10.6 Å². The zero-order chi connectivity index (χ0) is 13.0. The summed E-state index contributed by atoms with van der Waals surface area (Å²) in [4.78, 5) is 20.0. The molecule has 1 aliphatic rings. The number of carbonyl (C=O) groups is 1. The number of hydrogen-bond donors (Lipinski definition) is 1. The molecule has 5 heteroatoms. The van der Waals surface area contributed by atoms with Gasteiger partial charge in [0.05, 0.1) is 12.1 Å². The number of primary amides is 1. The Morgan fingerprint density at radius 1 is 1.39 bits per heavy atom. The molecule has 0 unspecified atom stereocenters. The number of carbonyl (C=O) groups excluding carboxylic acids is 1. The smallest absolute Gasteiger partial charge is 0.221 e. The molecule has 5 nitrogen and oxygen atoms in total. The predicted octanol–water partition coefficient (Wildman–Crippen LogP) is -0.143. The van der Waals surface area contributed by atoms with Crippen molar-refractivity contribution in [2.75, 3.05) is 33.2 Å². The Hall–Kier alpha value is -1.46. The fourth-order valence-corrected chi connectivity index (χ4v) is 2.16. The molecule has 0 atom stereocenters. The molecule has 1 saturated heterocycles. The van der Waals surface area contributed by atoms with E-state index in [-0.39, 0.29) is 12.3 Å². The quantitative estimate of drug-likeness (QED) is 0.805. The van der Waals surface area contributed by atoms with Gasteiger partial charge in [-0.15, -0.1) is 0 Å². The standard InChI is InChI=1S/C13H20N4O/c1-16-4-6-17(7-5-16)10-12-8-11(2-3-15-12)9-13(14)18/h2-3,8H,4-7,9-10H2,1H3,(H2,14,18). The topological polar surface area (TPSA) is 62.5 Å². The van der Waals surface area contributed by atoms with Crippen molar-refractivity contribution in [1.29, 1.82) is 0 Å². The van der Waals surface area contributed by atoms with Gasteiger partial charge in [-0.1, -0.05) is 0 Å². The highest BCUT2D eigenvalue weighted by Gasteiger charge is 2.14. The molecular weight excluding hydrogens is 228 g/mol. The molecule has 0 aliphatic carbocycles. The summed E-state index contributed by atoms with van der Waals surface area (Å²) >= 11 is 0. The summed E-state index contributed by atoms with van der Waals surface area (Å²) in [5, 5.41) is 0. The first-order valence-electron chi connectivity index (χ1n) is 6.26.